The lowest BCUT2D eigenvalue weighted by Crippen LogP contribution is -2.49. The van der Waals surface area contributed by atoms with Crippen LogP contribution in [0, 0.1) is 47.4 Å². The Bertz CT molecular complexity index is 2520. The molecule has 416 valence electrons. The molecule has 0 saturated carbocycles. The molecule has 0 fully saturated rings. The predicted octanol–water partition coefficient (Wildman–Crippen LogP) is 8.25. The van der Waals surface area contributed by atoms with Gasteiger partial charge in [0.05, 0.1) is 44.5 Å². The lowest BCUT2D eigenvalue weighted by Gasteiger charge is -2.33. The summed E-state index contributed by atoms with van der Waals surface area (Å²) >= 11 is 0. The number of carbonyl (C=O) groups is 6. The van der Waals surface area contributed by atoms with E-state index in [2.05, 4.69) is 29.9 Å². The number of alkyl halides is 10. The number of benzene rings is 1. The SMILES string of the molecule is C=C(CCC(=O)O)N1CCC#CC(F)(F)C(F)(F)C1.C=C(CCC(=O)O)N1CCC#CCCC1.CC1(F)C#CC(F)(F)CCN(C(=O)CCC(=O)O)C1.CC1(F)C#CC(F)(F)CCN(C(=O)c2ccc(C(=O)O)cc2)C1. The second kappa shape index (κ2) is 28.5. The van der Waals surface area contributed by atoms with E-state index in [0.29, 0.717) is 6.42 Å². The van der Waals surface area contributed by atoms with Crippen LogP contribution in [0.15, 0.2) is 48.8 Å². The Balaban J connectivity index is 0.000000350. The number of carbonyl (C=O) groups excluding carboxylic acids is 2. The van der Waals surface area contributed by atoms with Crippen LogP contribution in [0.5, 0.6) is 0 Å². The van der Waals surface area contributed by atoms with Gasteiger partial charge >= 0.3 is 47.6 Å². The maximum Gasteiger partial charge on any atom is 0.372 e. The molecule has 24 heteroatoms. The Hall–Kier alpha value is -7.34. The number of allylic oxidation sites excluding steroid dienone is 2. The normalized spacial score (nSPS) is 21.8. The number of amides is 2. The van der Waals surface area contributed by atoms with Gasteiger partial charge in [-0.1, -0.05) is 30.9 Å². The Kier molecular flexibility index (Phi) is 24.3. The molecule has 0 aliphatic carbocycles. The highest BCUT2D eigenvalue weighted by Crippen LogP contribution is 2.36. The molecule has 76 heavy (non-hydrogen) atoms. The molecule has 4 aliphatic heterocycles. The van der Waals surface area contributed by atoms with Crippen molar-refractivity contribution in [1.29, 1.82) is 0 Å². The highest BCUT2D eigenvalue weighted by Gasteiger charge is 2.56. The molecule has 14 nitrogen and oxygen atoms in total. The summed E-state index contributed by atoms with van der Waals surface area (Å²) in [5.41, 5.74) is -3.37. The van der Waals surface area contributed by atoms with Crippen molar-refractivity contribution in [3.05, 3.63) is 59.9 Å². The monoisotopic (exact) mass is 1090 g/mol. The largest absolute Gasteiger partial charge is 0.481 e. The fourth-order valence-electron chi connectivity index (χ4n) is 6.89. The van der Waals surface area contributed by atoms with E-state index in [9.17, 15) is 72.7 Å². The molecular weight excluding hydrogens is 1030 g/mol. The minimum Gasteiger partial charge on any atom is -0.481 e. The van der Waals surface area contributed by atoms with Gasteiger partial charge in [0, 0.05) is 88.2 Å². The third-order valence-electron chi connectivity index (χ3n) is 11.1. The molecule has 0 bridgehead atoms. The number of rotatable bonds is 13. The Morgan fingerprint density at radius 1 is 0.500 bits per heavy atom. The summed E-state index contributed by atoms with van der Waals surface area (Å²) in [5, 5.41) is 34.4. The third-order valence-corrected chi connectivity index (χ3v) is 11.1. The van der Waals surface area contributed by atoms with E-state index in [0.717, 1.165) is 66.6 Å². The molecule has 0 radical (unpaired) electrons. The van der Waals surface area contributed by atoms with Crippen molar-refractivity contribution in [1.82, 2.24) is 19.6 Å². The number of hydrogen-bond donors (Lipinski definition) is 4. The van der Waals surface area contributed by atoms with Gasteiger partial charge in [0.25, 0.3) is 5.91 Å². The molecule has 2 unspecified atom stereocenters. The van der Waals surface area contributed by atoms with Gasteiger partial charge in [-0.2, -0.15) is 35.1 Å². The van der Waals surface area contributed by atoms with E-state index in [-0.39, 0.29) is 68.6 Å². The average Bonchev–Trinajstić information content (AvgIpc) is 3.31. The van der Waals surface area contributed by atoms with Crippen molar-refractivity contribution in [2.24, 2.45) is 0 Å². The van der Waals surface area contributed by atoms with Gasteiger partial charge in [0.1, 0.15) is 0 Å². The number of aliphatic carboxylic acids is 3. The summed E-state index contributed by atoms with van der Waals surface area (Å²) in [4.78, 5) is 71.0. The summed E-state index contributed by atoms with van der Waals surface area (Å²) in [5.74, 6) is -4.56. The molecule has 0 aromatic heterocycles. The van der Waals surface area contributed by atoms with Crippen LogP contribution in [0.25, 0.3) is 0 Å². The number of halogens is 10. The summed E-state index contributed by atoms with van der Waals surface area (Å²) in [6, 6.07) is 4.99. The van der Waals surface area contributed by atoms with Crippen molar-refractivity contribution < 1.29 is 93.1 Å². The van der Waals surface area contributed by atoms with Gasteiger partial charge in [0.15, 0.2) is 11.3 Å². The molecule has 1 aromatic rings. The van der Waals surface area contributed by atoms with Crippen molar-refractivity contribution in [3.8, 4) is 47.4 Å². The quantitative estimate of drug-likeness (QED) is 0.109. The maximum absolute atomic E-state index is 14.2. The summed E-state index contributed by atoms with van der Waals surface area (Å²) in [7, 11) is 0. The first-order valence-corrected chi connectivity index (χ1v) is 23.4. The summed E-state index contributed by atoms with van der Waals surface area (Å²) in [6.45, 7) is 8.54. The number of nitrogens with zero attached hydrogens (tertiary/aromatic N) is 4. The van der Waals surface area contributed by atoms with E-state index in [1.165, 1.54) is 30.2 Å². The Labute approximate surface area is 433 Å². The molecular formula is C52H58F10N4O10. The lowest BCUT2D eigenvalue weighted by atomic mass is 10.0. The number of carboxylic acids is 4. The van der Waals surface area contributed by atoms with Crippen LogP contribution in [0.4, 0.5) is 43.9 Å². The van der Waals surface area contributed by atoms with E-state index >= 15 is 0 Å². The minimum absolute atomic E-state index is 0.00222. The first-order valence-electron chi connectivity index (χ1n) is 23.4. The van der Waals surface area contributed by atoms with Gasteiger partial charge in [-0.05, 0) is 75.1 Å². The third kappa shape index (κ3) is 23.9. The molecule has 5 rings (SSSR count). The Morgan fingerprint density at radius 2 is 0.934 bits per heavy atom. The van der Waals surface area contributed by atoms with Crippen LogP contribution < -0.4 is 0 Å². The molecule has 0 saturated heterocycles. The van der Waals surface area contributed by atoms with Crippen LogP contribution in [-0.4, -0.2) is 163 Å². The highest BCUT2D eigenvalue weighted by molar-refractivity contribution is 5.96. The van der Waals surface area contributed by atoms with Gasteiger partial charge < -0.3 is 40.0 Å². The lowest BCUT2D eigenvalue weighted by molar-refractivity contribution is -0.181. The smallest absolute Gasteiger partial charge is 0.372 e. The fourth-order valence-corrected chi connectivity index (χ4v) is 6.89. The van der Waals surface area contributed by atoms with Crippen LogP contribution in [0.1, 0.15) is 112 Å². The van der Waals surface area contributed by atoms with Gasteiger partial charge in [-0.15, -0.1) is 11.8 Å². The van der Waals surface area contributed by atoms with E-state index < -0.39 is 110 Å². The van der Waals surface area contributed by atoms with Crippen LogP contribution in [-0.2, 0) is 19.2 Å². The van der Waals surface area contributed by atoms with E-state index in [1.807, 2.05) is 17.8 Å². The predicted molar refractivity (Wildman–Crippen MR) is 256 cm³/mol. The first kappa shape index (κ1) is 64.8. The molecule has 2 amide bonds. The standard InChI is InChI=1S/C16H14F3NO3.C12H13F4NO2.C12H14F3NO3.C12H17NO2/c1-15(17)6-7-16(18,19)8-9-20(10-15)13(21)11-2-4-12(5-3-11)14(22)23;1-9(4-5-10(18)19)17-7-3-2-6-11(13,14)12(15,16)8-17;1-11(13)4-5-12(14,15)6-7-16(8-11)9(17)2-3-10(18)19;1-11(7-8-12(14)15)13-9-5-3-2-4-6-10-13/h2-5H,8-10H2,1H3,(H,22,23);1,3-5,7-8H2,(H,18,19);2-3,6-8H2,1H3,(H,18,19);1,3,5-10H2,(H,14,15). The van der Waals surface area contributed by atoms with Gasteiger partial charge in [-0.3, -0.25) is 24.0 Å². The highest BCUT2D eigenvalue weighted by atomic mass is 19.3. The molecule has 0 spiro atoms. The molecule has 1 aromatic carbocycles. The summed E-state index contributed by atoms with van der Waals surface area (Å²) in [6.07, 6.45) is 1.05. The van der Waals surface area contributed by atoms with Crippen molar-refractivity contribution in [2.75, 3.05) is 52.4 Å². The molecule has 4 N–H and O–H groups in total. The second-order valence-electron chi connectivity index (χ2n) is 18.0. The molecule has 4 aliphatic rings. The van der Waals surface area contributed by atoms with Gasteiger partial charge in [-0.25, -0.2) is 13.6 Å². The van der Waals surface area contributed by atoms with Crippen LogP contribution in [0.2, 0.25) is 0 Å². The zero-order valence-electron chi connectivity index (χ0n) is 41.7. The van der Waals surface area contributed by atoms with Crippen molar-refractivity contribution >= 4 is 35.7 Å². The van der Waals surface area contributed by atoms with Crippen molar-refractivity contribution in [3.63, 3.8) is 0 Å². The second-order valence-corrected chi connectivity index (χ2v) is 18.0. The zero-order chi connectivity index (χ0) is 57.7. The Morgan fingerprint density at radius 3 is 1.45 bits per heavy atom. The number of hydrogen-bond acceptors (Lipinski definition) is 8. The topological polar surface area (TPSA) is 196 Å². The van der Waals surface area contributed by atoms with E-state index in [1.54, 1.807) is 11.8 Å². The average molecular weight is 1090 g/mol. The molecule has 4 heterocycles. The zero-order valence-corrected chi connectivity index (χ0v) is 41.7. The fraction of sp³-hybridized carbons (Fsp3) is 0.538. The first-order chi connectivity index (χ1) is 35.1. The number of aromatic carboxylic acids is 1. The van der Waals surface area contributed by atoms with E-state index in [4.69, 9.17) is 20.4 Å². The van der Waals surface area contributed by atoms with Crippen molar-refractivity contribution in [2.45, 2.75) is 126 Å². The summed E-state index contributed by atoms with van der Waals surface area (Å²) < 4.78 is 134. The van der Waals surface area contributed by atoms with Gasteiger partial charge in [0.2, 0.25) is 5.91 Å². The maximum atomic E-state index is 14.2. The minimum atomic E-state index is -4.39. The van der Waals surface area contributed by atoms with Crippen LogP contribution >= 0.6 is 0 Å². The molecule has 2 atom stereocenters. The van der Waals surface area contributed by atoms with Crippen LogP contribution in [0.3, 0.4) is 0 Å². The number of carboxylic acid groups (broad SMARTS) is 4.